The Morgan fingerprint density at radius 1 is 0.484 bits per heavy atom. The summed E-state index contributed by atoms with van der Waals surface area (Å²) in [6.45, 7) is 4.56. The molecule has 1 heterocycles. The third-order valence-corrected chi connectivity index (χ3v) is 6.31. The smallest absolute Gasteiger partial charge is 0.159 e. The quantitative estimate of drug-likeness (QED) is 0.224. The van der Waals surface area contributed by atoms with E-state index in [2.05, 4.69) is 48.1 Å². The molecule has 1 aromatic heterocycles. The van der Waals surface area contributed by atoms with E-state index in [1.807, 2.05) is 12.4 Å². The normalized spacial score (nSPS) is 11.2. The molecule has 0 bridgehead atoms. The van der Waals surface area contributed by atoms with Crippen LogP contribution < -0.4 is 0 Å². The fourth-order valence-electron chi connectivity index (χ4n) is 4.20. The van der Waals surface area contributed by atoms with Gasteiger partial charge in [-0.15, -0.1) is 0 Å². The monoisotopic (exact) mass is 422 g/mol. The Balaban J connectivity index is 1.63. The lowest BCUT2D eigenvalue weighted by molar-refractivity contribution is 0.575. The zero-order valence-corrected chi connectivity index (χ0v) is 20.4. The van der Waals surface area contributed by atoms with Crippen molar-refractivity contribution in [2.45, 2.75) is 123 Å². The zero-order chi connectivity index (χ0) is 22.0. The Labute approximate surface area is 192 Å². The molecule has 1 aromatic carbocycles. The van der Waals surface area contributed by atoms with Gasteiger partial charge in [-0.3, -0.25) is 0 Å². The standard InChI is InChI=1S/C29H46N2/c1-3-5-7-9-11-13-15-17-19-27-24-30-29(31-25-27)28-22-20-26(21-23-28)18-16-14-12-10-8-6-4-2/h20-25H,3-19H2,1-2H3. The molecule has 0 aliphatic carbocycles. The maximum Gasteiger partial charge on any atom is 0.159 e. The van der Waals surface area contributed by atoms with Crippen LogP contribution in [0.25, 0.3) is 11.4 Å². The van der Waals surface area contributed by atoms with Crippen LogP contribution in [0.3, 0.4) is 0 Å². The molecule has 0 unspecified atom stereocenters. The fraction of sp³-hybridized carbons (Fsp3) is 0.655. The lowest BCUT2D eigenvalue weighted by atomic mass is 10.0. The summed E-state index contributed by atoms with van der Waals surface area (Å²) < 4.78 is 0. The lowest BCUT2D eigenvalue weighted by Gasteiger charge is -2.06. The molecule has 2 heteroatoms. The predicted octanol–water partition coefficient (Wildman–Crippen LogP) is 9.12. The number of hydrogen-bond acceptors (Lipinski definition) is 2. The van der Waals surface area contributed by atoms with Gasteiger partial charge in [0.1, 0.15) is 0 Å². The molecule has 2 rings (SSSR count). The molecule has 172 valence electrons. The summed E-state index contributed by atoms with van der Waals surface area (Å²) in [6.07, 6.45) is 26.8. The summed E-state index contributed by atoms with van der Waals surface area (Å²) in [5.74, 6) is 0.849. The van der Waals surface area contributed by atoms with Crippen molar-refractivity contribution in [2.75, 3.05) is 0 Å². The van der Waals surface area contributed by atoms with Crippen molar-refractivity contribution in [3.8, 4) is 11.4 Å². The van der Waals surface area contributed by atoms with Crippen LogP contribution in [0.1, 0.15) is 121 Å². The minimum atomic E-state index is 0.849. The molecule has 2 nitrogen and oxygen atoms in total. The SMILES string of the molecule is CCCCCCCCCCc1cnc(-c2ccc(CCCCCCCCC)cc2)nc1. The fourth-order valence-corrected chi connectivity index (χ4v) is 4.20. The van der Waals surface area contributed by atoms with Crippen LogP contribution in [0.4, 0.5) is 0 Å². The van der Waals surface area contributed by atoms with Crippen LogP contribution in [0.2, 0.25) is 0 Å². The molecule has 0 spiro atoms. The highest BCUT2D eigenvalue weighted by molar-refractivity contribution is 5.55. The van der Waals surface area contributed by atoms with Crippen LogP contribution in [0, 0.1) is 0 Å². The number of nitrogens with zero attached hydrogens (tertiary/aromatic N) is 2. The first kappa shape index (κ1) is 25.6. The first-order valence-electron chi connectivity index (χ1n) is 13.2. The molecular weight excluding hydrogens is 376 g/mol. The summed E-state index contributed by atoms with van der Waals surface area (Å²) in [7, 11) is 0. The number of rotatable bonds is 18. The van der Waals surface area contributed by atoms with E-state index in [0.717, 1.165) is 17.8 Å². The van der Waals surface area contributed by atoms with Crippen LogP contribution in [-0.4, -0.2) is 9.97 Å². The molecule has 0 amide bonds. The Morgan fingerprint density at radius 2 is 0.903 bits per heavy atom. The van der Waals surface area contributed by atoms with E-state index < -0.39 is 0 Å². The number of aryl methyl sites for hydroxylation is 2. The van der Waals surface area contributed by atoms with Crippen molar-refractivity contribution in [2.24, 2.45) is 0 Å². The molecule has 0 saturated carbocycles. The summed E-state index contributed by atoms with van der Waals surface area (Å²) in [5.41, 5.74) is 3.83. The highest BCUT2D eigenvalue weighted by Gasteiger charge is 2.03. The van der Waals surface area contributed by atoms with Crippen LogP contribution in [0.15, 0.2) is 36.7 Å². The van der Waals surface area contributed by atoms with Gasteiger partial charge in [0.25, 0.3) is 0 Å². The number of aromatic nitrogens is 2. The Morgan fingerprint density at radius 3 is 1.39 bits per heavy atom. The molecule has 0 saturated heterocycles. The second-order valence-electron chi connectivity index (χ2n) is 9.21. The van der Waals surface area contributed by atoms with E-state index in [0.29, 0.717) is 0 Å². The average Bonchev–Trinajstić information content (AvgIpc) is 2.81. The third-order valence-electron chi connectivity index (χ3n) is 6.31. The van der Waals surface area contributed by atoms with Gasteiger partial charge in [0.2, 0.25) is 0 Å². The van der Waals surface area contributed by atoms with Crippen molar-refractivity contribution >= 4 is 0 Å². The summed E-state index contributed by atoms with van der Waals surface area (Å²) in [6, 6.07) is 8.88. The zero-order valence-electron chi connectivity index (χ0n) is 20.4. The van der Waals surface area contributed by atoms with Crippen molar-refractivity contribution in [3.63, 3.8) is 0 Å². The third kappa shape index (κ3) is 11.5. The molecule has 0 atom stereocenters. The molecular formula is C29H46N2. The maximum atomic E-state index is 4.63. The van der Waals surface area contributed by atoms with Gasteiger partial charge in [0.15, 0.2) is 5.82 Å². The van der Waals surface area contributed by atoms with Crippen molar-refractivity contribution in [1.82, 2.24) is 9.97 Å². The van der Waals surface area contributed by atoms with E-state index in [4.69, 9.17) is 0 Å². The molecule has 0 aliphatic rings. The van der Waals surface area contributed by atoms with Crippen molar-refractivity contribution in [3.05, 3.63) is 47.8 Å². The van der Waals surface area contributed by atoms with Gasteiger partial charge in [-0.2, -0.15) is 0 Å². The Kier molecular flexibility index (Phi) is 14.0. The molecule has 2 aromatic rings. The van der Waals surface area contributed by atoms with Gasteiger partial charge in [-0.1, -0.05) is 122 Å². The van der Waals surface area contributed by atoms with Gasteiger partial charge >= 0.3 is 0 Å². The molecule has 0 N–H and O–H groups in total. The summed E-state index contributed by atoms with van der Waals surface area (Å²) >= 11 is 0. The maximum absolute atomic E-state index is 4.63. The van der Waals surface area contributed by atoms with Crippen LogP contribution in [-0.2, 0) is 12.8 Å². The number of hydrogen-bond donors (Lipinski definition) is 0. The number of benzene rings is 1. The lowest BCUT2D eigenvalue weighted by Crippen LogP contribution is -1.94. The van der Waals surface area contributed by atoms with Crippen molar-refractivity contribution in [1.29, 1.82) is 0 Å². The summed E-state index contributed by atoms with van der Waals surface area (Å²) in [5, 5.41) is 0. The highest BCUT2D eigenvalue weighted by Crippen LogP contribution is 2.18. The predicted molar refractivity (Wildman–Crippen MR) is 135 cm³/mol. The molecule has 0 radical (unpaired) electrons. The minimum absolute atomic E-state index is 0.849. The molecule has 31 heavy (non-hydrogen) atoms. The second kappa shape index (κ2) is 16.9. The van der Waals surface area contributed by atoms with Gasteiger partial charge in [0.05, 0.1) is 0 Å². The van der Waals surface area contributed by atoms with Gasteiger partial charge in [-0.05, 0) is 36.8 Å². The van der Waals surface area contributed by atoms with E-state index >= 15 is 0 Å². The van der Waals surface area contributed by atoms with E-state index in [9.17, 15) is 0 Å². The Hall–Kier alpha value is -1.70. The highest BCUT2D eigenvalue weighted by atomic mass is 14.9. The van der Waals surface area contributed by atoms with Gasteiger partial charge in [-0.25, -0.2) is 9.97 Å². The Bertz CT molecular complexity index is 660. The van der Waals surface area contributed by atoms with Gasteiger partial charge in [0, 0.05) is 18.0 Å². The minimum Gasteiger partial charge on any atom is -0.236 e. The van der Waals surface area contributed by atoms with Crippen LogP contribution >= 0.6 is 0 Å². The number of unbranched alkanes of at least 4 members (excludes halogenated alkanes) is 13. The average molecular weight is 423 g/mol. The van der Waals surface area contributed by atoms with E-state index in [1.54, 1.807) is 0 Å². The molecule has 0 fully saturated rings. The van der Waals surface area contributed by atoms with Crippen molar-refractivity contribution < 1.29 is 0 Å². The second-order valence-corrected chi connectivity index (χ2v) is 9.21. The largest absolute Gasteiger partial charge is 0.236 e. The topological polar surface area (TPSA) is 25.8 Å². The van der Waals surface area contributed by atoms with Crippen LogP contribution in [0.5, 0.6) is 0 Å². The first-order valence-corrected chi connectivity index (χ1v) is 13.2. The van der Waals surface area contributed by atoms with Gasteiger partial charge < -0.3 is 0 Å². The summed E-state index contributed by atoms with van der Waals surface area (Å²) in [4.78, 5) is 9.25. The molecule has 0 aliphatic heterocycles. The first-order chi connectivity index (χ1) is 15.3. The van der Waals surface area contributed by atoms with E-state index in [1.165, 1.54) is 114 Å². The van der Waals surface area contributed by atoms with E-state index in [-0.39, 0.29) is 0 Å².